The number of pyridine rings is 1. The molecule has 0 saturated carbocycles. The summed E-state index contributed by atoms with van der Waals surface area (Å²) in [4.78, 5) is 44.6. The molecule has 2 heterocycles. The molecule has 1 aliphatic carbocycles. The molecule has 3 aromatic rings. The number of carboxylic acids is 1. The number of ketones is 1. The van der Waals surface area contributed by atoms with Crippen LogP contribution in [0.25, 0.3) is 0 Å². The number of hydrogen-bond donors (Lipinski definition) is 2. The van der Waals surface area contributed by atoms with Crippen LogP contribution in [-0.4, -0.2) is 34.9 Å². The van der Waals surface area contributed by atoms with Crippen molar-refractivity contribution in [3.05, 3.63) is 95.5 Å². The van der Waals surface area contributed by atoms with Gasteiger partial charge in [-0.25, -0.2) is 0 Å². The molecule has 0 spiro atoms. The Hall–Kier alpha value is -4.46. The lowest BCUT2D eigenvalue weighted by atomic mass is 9.78. The number of carboxylic acid groups (broad SMARTS) is 1. The smallest absolute Gasteiger partial charge is 0.303 e. The summed E-state index contributed by atoms with van der Waals surface area (Å²) in [5.41, 5.74) is 4.27. The Morgan fingerprint density at radius 2 is 1.81 bits per heavy atom. The molecule has 0 bridgehead atoms. The number of hydrogen-bond acceptors (Lipinski definition) is 6. The highest BCUT2D eigenvalue weighted by Crippen LogP contribution is 2.47. The van der Waals surface area contributed by atoms with E-state index in [4.69, 9.17) is 4.74 Å². The molecule has 2 atom stereocenters. The molecule has 1 aromatic heterocycles. The van der Waals surface area contributed by atoms with Crippen molar-refractivity contribution in [1.82, 2.24) is 4.98 Å². The number of carbonyl (C=O) groups is 3. The molecular weight excluding hydrogens is 470 g/mol. The SMILES string of the molecule is COc1ccc([C@@H]2CC(=O)C3=C(C2)Nc2ccccc2N(C(=O)CCC(=O)O)[C@H]3c2cccnc2)cc1. The number of fused-ring (bicyclic) bond motifs is 1. The minimum Gasteiger partial charge on any atom is -0.497 e. The van der Waals surface area contributed by atoms with Crippen LogP contribution in [0, 0.1) is 0 Å². The summed E-state index contributed by atoms with van der Waals surface area (Å²) in [7, 11) is 1.62. The summed E-state index contributed by atoms with van der Waals surface area (Å²) in [6, 6.07) is 18.0. The molecule has 5 rings (SSSR count). The fraction of sp³-hybridized carbons (Fsp3) is 0.241. The van der Waals surface area contributed by atoms with Crippen LogP contribution >= 0.6 is 0 Å². The average Bonchev–Trinajstić information content (AvgIpc) is 3.07. The normalized spacial score (nSPS) is 18.8. The summed E-state index contributed by atoms with van der Waals surface area (Å²) in [5.74, 6) is -0.778. The van der Waals surface area contributed by atoms with Crippen LogP contribution in [0.15, 0.2) is 84.3 Å². The maximum Gasteiger partial charge on any atom is 0.303 e. The number of para-hydroxylation sites is 2. The van der Waals surface area contributed by atoms with Gasteiger partial charge < -0.3 is 15.2 Å². The Labute approximate surface area is 214 Å². The van der Waals surface area contributed by atoms with E-state index in [9.17, 15) is 19.5 Å². The number of carbonyl (C=O) groups excluding carboxylic acids is 2. The molecule has 0 saturated heterocycles. The summed E-state index contributed by atoms with van der Waals surface area (Å²) in [6.07, 6.45) is 3.67. The van der Waals surface area contributed by atoms with Gasteiger partial charge in [0.1, 0.15) is 5.75 Å². The Morgan fingerprint density at radius 3 is 2.51 bits per heavy atom. The molecule has 0 fully saturated rings. The highest BCUT2D eigenvalue weighted by atomic mass is 16.5. The number of nitrogens with zero attached hydrogens (tertiary/aromatic N) is 2. The predicted molar refractivity (Wildman–Crippen MR) is 138 cm³/mol. The molecular formula is C29H27N3O5. The Bertz CT molecular complexity index is 1370. The summed E-state index contributed by atoms with van der Waals surface area (Å²) in [5, 5.41) is 12.7. The van der Waals surface area contributed by atoms with Crippen LogP contribution in [0.3, 0.4) is 0 Å². The Morgan fingerprint density at radius 1 is 1.03 bits per heavy atom. The second-order valence-corrected chi connectivity index (χ2v) is 9.18. The minimum atomic E-state index is -1.05. The first kappa shape index (κ1) is 24.2. The molecule has 188 valence electrons. The van der Waals surface area contributed by atoms with Gasteiger partial charge in [0.05, 0.1) is 30.9 Å². The minimum absolute atomic E-state index is 0.0411. The van der Waals surface area contributed by atoms with Gasteiger partial charge in [-0.1, -0.05) is 30.3 Å². The highest BCUT2D eigenvalue weighted by Gasteiger charge is 2.41. The van der Waals surface area contributed by atoms with Gasteiger partial charge in [-0.3, -0.25) is 24.3 Å². The molecule has 1 amide bonds. The predicted octanol–water partition coefficient (Wildman–Crippen LogP) is 4.86. The Kier molecular flexibility index (Phi) is 6.72. The van der Waals surface area contributed by atoms with E-state index >= 15 is 0 Å². The lowest BCUT2D eigenvalue weighted by molar-refractivity contribution is -0.138. The van der Waals surface area contributed by atoms with Crippen LogP contribution < -0.4 is 15.0 Å². The van der Waals surface area contributed by atoms with Gasteiger partial charge >= 0.3 is 5.97 Å². The maximum atomic E-state index is 13.9. The van der Waals surface area contributed by atoms with Gasteiger partial charge in [0.15, 0.2) is 5.78 Å². The second kappa shape index (κ2) is 10.3. The van der Waals surface area contributed by atoms with Crippen LogP contribution in [0.4, 0.5) is 11.4 Å². The van der Waals surface area contributed by atoms with Crippen molar-refractivity contribution < 1.29 is 24.2 Å². The van der Waals surface area contributed by atoms with Gasteiger partial charge in [0.2, 0.25) is 5.91 Å². The summed E-state index contributed by atoms with van der Waals surface area (Å²) < 4.78 is 5.28. The molecule has 2 aromatic carbocycles. The third-order valence-corrected chi connectivity index (χ3v) is 6.90. The molecule has 8 heteroatoms. The first-order valence-corrected chi connectivity index (χ1v) is 12.2. The van der Waals surface area contributed by atoms with Gasteiger partial charge in [0, 0.05) is 36.5 Å². The maximum absolute atomic E-state index is 13.9. The number of rotatable bonds is 6. The van der Waals surface area contributed by atoms with Crippen molar-refractivity contribution >= 4 is 29.0 Å². The van der Waals surface area contributed by atoms with E-state index in [1.165, 1.54) is 0 Å². The molecule has 37 heavy (non-hydrogen) atoms. The first-order chi connectivity index (χ1) is 18.0. The fourth-order valence-electron chi connectivity index (χ4n) is 5.16. The molecule has 2 N–H and O–H groups in total. The van der Waals surface area contributed by atoms with E-state index in [1.54, 1.807) is 30.5 Å². The molecule has 2 aliphatic rings. The van der Waals surface area contributed by atoms with Crippen molar-refractivity contribution in [2.75, 3.05) is 17.3 Å². The van der Waals surface area contributed by atoms with E-state index in [-0.39, 0.29) is 36.9 Å². The molecule has 1 aliphatic heterocycles. The quantitative estimate of drug-likeness (QED) is 0.501. The zero-order valence-electron chi connectivity index (χ0n) is 20.4. The van der Waals surface area contributed by atoms with Crippen molar-refractivity contribution in [3.8, 4) is 5.75 Å². The molecule has 8 nitrogen and oxygen atoms in total. The van der Waals surface area contributed by atoms with Crippen LogP contribution in [0.5, 0.6) is 5.75 Å². The number of ether oxygens (including phenoxy) is 1. The van der Waals surface area contributed by atoms with Crippen LogP contribution in [0.2, 0.25) is 0 Å². The third kappa shape index (κ3) is 4.82. The number of aliphatic carboxylic acids is 1. The standard InChI is InChI=1S/C29H27N3O5/c1-37-21-10-8-18(9-11-21)20-15-23-28(25(33)16-20)29(19-5-4-14-30-17-19)32(26(34)12-13-27(35)36)24-7-3-2-6-22(24)31-23/h2-11,14,17,20,29,31H,12-13,15-16H2,1H3,(H,35,36)/t20-,29-/m0/s1. The largest absolute Gasteiger partial charge is 0.497 e. The third-order valence-electron chi connectivity index (χ3n) is 6.90. The van der Waals surface area contributed by atoms with Gasteiger partial charge in [-0.15, -0.1) is 0 Å². The average molecular weight is 498 g/mol. The number of aromatic nitrogens is 1. The van der Waals surface area contributed by atoms with Crippen molar-refractivity contribution in [2.24, 2.45) is 0 Å². The van der Waals surface area contributed by atoms with E-state index in [0.29, 0.717) is 28.9 Å². The number of benzene rings is 2. The Balaban J connectivity index is 1.64. The first-order valence-electron chi connectivity index (χ1n) is 12.2. The summed E-state index contributed by atoms with van der Waals surface area (Å²) >= 11 is 0. The summed E-state index contributed by atoms with van der Waals surface area (Å²) in [6.45, 7) is 0. The topological polar surface area (TPSA) is 109 Å². The van der Waals surface area contributed by atoms with Crippen LogP contribution in [-0.2, 0) is 14.4 Å². The number of Topliss-reactive ketones (excluding diaryl/α,β-unsaturated/α-hetero) is 1. The molecule has 0 radical (unpaired) electrons. The number of amides is 1. The number of nitrogens with one attached hydrogen (secondary N) is 1. The van der Waals surface area contributed by atoms with E-state index in [2.05, 4.69) is 10.3 Å². The second-order valence-electron chi connectivity index (χ2n) is 9.18. The number of allylic oxidation sites excluding steroid dienone is 1. The lowest BCUT2D eigenvalue weighted by Crippen LogP contribution is -2.38. The van der Waals surface area contributed by atoms with Crippen LogP contribution in [0.1, 0.15) is 48.8 Å². The van der Waals surface area contributed by atoms with E-state index < -0.39 is 12.0 Å². The zero-order valence-corrected chi connectivity index (χ0v) is 20.4. The zero-order chi connectivity index (χ0) is 25.9. The van der Waals surface area contributed by atoms with Gasteiger partial charge in [-0.2, -0.15) is 0 Å². The highest BCUT2D eigenvalue weighted by molar-refractivity contribution is 6.06. The van der Waals surface area contributed by atoms with E-state index in [1.807, 2.05) is 54.6 Å². The van der Waals surface area contributed by atoms with Crippen molar-refractivity contribution in [3.63, 3.8) is 0 Å². The van der Waals surface area contributed by atoms with Gasteiger partial charge in [0.25, 0.3) is 0 Å². The van der Waals surface area contributed by atoms with E-state index in [0.717, 1.165) is 17.0 Å². The van der Waals surface area contributed by atoms with Crippen molar-refractivity contribution in [2.45, 2.75) is 37.6 Å². The van der Waals surface area contributed by atoms with Crippen molar-refractivity contribution in [1.29, 1.82) is 0 Å². The number of methoxy groups -OCH3 is 1. The lowest BCUT2D eigenvalue weighted by Gasteiger charge is -2.35. The van der Waals surface area contributed by atoms with Gasteiger partial charge in [-0.05, 0) is 53.8 Å². The monoisotopic (exact) mass is 497 g/mol. The fourth-order valence-corrected chi connectivity index (χ4v) is 5.16. The number of anilines is 2. The molecule has 0 unspecified atom stereocenters.